The monoisotopic (exact) mass is 368 g/mol. The summed E-state index contributed by atoms with van der Waals surface area (Å²) in [5.41, 5.74) is 2.13. The van der Waals surface area contributed by atoms with Crippen LogP contribution in [0.15, 0.2) is 30.5 Å². The van der Waals surface area contributed by atoms with Crippen molar-refractivity contribution in [1.82, 2.24) is 15.1 Å². The number of piperidine rings is 1. The fraction of sp³-hybridized carbons (Fsp3) is 0.524. The van der Waals surface area contributed by atoms with Gasteiger partial charge in [-0.05, 0) is 63.0 Å². The lowest BCUT2D eigenvalue weighted by atomic mass is 9.87. The molecular weight excluding hydrogens is 340 g/mol. The Balaban J connectivity index is 1.30. The zero-order chi connectivity index (χ0) is 18.5. The molecule has 1 aromatic carbocycles. The molecule has 1 aromatic heterocycles. The van der Waals surface area contributed by atoms with Crippen LogP contribution in [0.5, 0.6) is 5.75 Å². The molecule has 2 aliphatic rings. The van der Waals surface area contributed by atoms with Gasteiger partial charge < -0.3 is 15.0 Å². The van der Waals surface area contributed by atoms with Gasteiger partial charge in [0.1, 0.15) is 11.6 Å². The minimum Gasteiger partial charge on any atom is -0.494 e. The van der Waals surface area contributed by atoms with Crippen LogP contribution < -0.4 is 10.1 Å². The third-order valence-corrected chi connectivity index (χ3v) is 5.54. The fourth-order valence-electron chi connectivity index (χ4n) is 4.07. The molecule has 6 heteroatoms. The van der Waals surface area contributed by atoms with Crippen molar-refractivity contribution in [2.75, 3.05) is 31.6 Å². The lowest BCUT2D eigenvalue weighted by molar-refractivity contribution is -0.116. The highest BCUT2D eigenvalue weighted by Gasteiger charge is 2.28. The first-order chi connectivity index (χ1) is 13.3. The highest BCUT2D eigenvalue weighted by Crippen LogP contribution is 2.36. The molecule has 0 saturated carbocycles. The molecule has 3 heterocycles. The molecule has 0 spiro atoms. The Hall–Kier alpha value is -2.34. The molecule has 0 aliphatic carbocycles. The maximum Gasteiger partial charge on any atom is 0.226 e. The average molecular weight is 368 g/mol. The van der Waals surface area contributed by atoms with Crippen LogP contribution in [0.2, 0.25) is 0 Å². The summed E-state index contributed by atoms with van der Waals surface area (Å²) in [7, 11) is 0. The van der Waals surface area contributed by atoms with Crippen molar-refractivity contribution in [3.63, 3.8) is 0 Å². The molecule has 4 rings (SSSR count). The molecule has 1 unspecified atom stereocenters. The van der Waals surface area contributed by atoms with Gasteiger partial charge in [0.2, 0.25) is 5.91 Å². The summed E-state index contributed by atoms with van der Waals surface area (Å²) in [6.45, 7) is 4.44. The van der Waals surface area contributed by atoms with Gasteiger partial charge in [-0.1, -0.05) is 18.6 Å². The molecule has 1 saturated heterocycles. The maximum atomic E-state index is 12.0. The van der Waals surface area contributed by atoms with E-state index in [1.165, 1.54) is 45.3 Å². The van der Waals surface area contributed by atoms with Crippen LogP contribution in [-0.4, -0.2) is 47.2 Å². The molecule has 6 nitrogen and oxygen atoms in total. The quantitative estimate of drug-likeness (QED) is 0.734. The molecule has 1 atom stereocenters. The van der Waals surface area contributed by atoms with E-state index >= 15 is 0 Å². The number of likely N-dealkylation sites (tertiary alicyclic amines) is 1. The lowest BCUT2D eigenvalue weighted by Crippen LogP contribution is -2.30. The highest BCUT2D eigenvalue weighted by molar-refractivity contribution is 5.94. The number of aromatic amines is 1. The van der Waals surface area contributed by atoms with Gasteiger partial charge in [0, 0.05) is 17.9 Å². The molecule has 27 heavy (non-hydrogen) atoms. The number of nitrogens with zero attached hydrogens (tertiary/aromatic N) is 2. The highest BCUT2D eigenvalue weighted by atomic mass is 16.5. The topological polar surface area (TPSA) is 70.2 Å². The second kappa shape index (κ2) is 8.57. The van der Waals surface area contributed by atoms with Crippen LogP contribution in [0.3, 0.4) is 0 Å². The smallest absolute Gasteiger partial charge is 0.226 e. The van der Waals surface area contributed by atoms with E-state index in [0.717, 1.165) is 29.9 Å². The zero-order valence-corrected chi connectivity index (χ0v) is 15.7. The number of carbonyl (C=O) groups is 1. The summed E-state index contributed by atoms with van der Waals surface area (Å²) in [5, 5.41) is 9.77. The van der Waals surface area contributed by atoms with Gasteiger partial charge in [-0.25, -0.2) is 0 Å². The summed E-state index contributed by atoms with van der Waals surface area (Å²) in [6.07, 6.45) is 8.57. The van der Waals surface area contributed by atoms with E-state index in [0.29, 0.717) is 12.2 Å². The van der Waals surface area contributed by atoms with Crippen LogP contribution in [0.1, 0.15) is 55.6 Å². The summed E-state index contributed by atoms with van der Waals surface area (Å²) >= 11 is 0. The Morgan fingerprint density at radius 2 is 2.07 bits per heavy atom. The van der Waals surface area contributed by atoms with Gasteiger partial charge in [0.15, 0.2) is 0 Å². The molecule has 1 amide bonds. The number of anilines is 1. The largest absolute Gasteiger partial charge is 0.494 e. The Bertz CT molecular complexity index is 767. The van der Waals surface area contributed by atoms with Crippen LogP contribution in [-0.2, 0) is 4.79 Å². The Labute approximate surface area is 160 Å². The number of ether oxygens (including phenoxy) is 1. The number of H-pyrrole nitrogens is 1. The number of rotatable bonds is 7. The molecule has 144 valence electrons. The van der Waals surface area contributed by atoms with E-state index in [-0.39, 0.29) is 11.8 Å². The summed E-state index contributed by atoms with van der Waals surface area (Å²) in [6, 6.07) is 8.12. The number of fused-ring (bicyclic) bond motifs is 1. The van der Waals surface area contributed by atoms with E-state index < -0.39 is 0 Å². The summed E-state index contributed by atoms with van der Waals surface area (Å²) < 4.78 is 5.98. The minimum atomic E-state index is 0.0146. The number of hydrogen-bond donors (Lipinski definition) is 2. The molecule has 2 aliphatic heterocycles. The number of carbonyl (C=O) groups excluding carboxylic acids is 1. The van der Waals surface area contributed by atoms with Gasteiger partial charge >= 0.3 is 0 Å². The van der Waals surface area contributed by atoms with Gasteiger partial charge in [-0.15, -0.1) is 0 Å². The number of unbranched alkanes of at least 4 members (excludes halogenated alkanes) is 1. The van der Waals surface area contributed by atoms with E-state index in [1.807, 2.05) is 12.1 Å². The second-order valence-electron chi connectivity index (χ2n) is 7.54. The van der Waals surface area contributed by atoms with Gasteiger partial charge in [-0.2, -0.15) is 5.10 Å². The lowest BCUT2D eigenvalue weighted by Gasteiger charge is -2.26. The number of aromatic nitrogens is 2. The third-order valence-electron chi connectivity index (χ3n) is 5.54. The predicted molar refractivity (Wildman–Crippen MR) is 105 cm³/mol. The van der Waals surface area contributed by atoms with Gasteiger partial charge in [0.05, 0.1) is 12.8 Å². The van der Waals surface area contributed by atoms with Crippen molar-refractivity contribution in [2.45, 2.75) is 44.4 Å². The zero-order valence-electron chi connectivity index (χ0n) is 15.7. The van der Waals surface area contributed by atoms with E-state index in [1.54, 1.807) is 6.20 Å². The van der Waals surface area contributed by atoms with Crippen LogP contribution in [0.25, 0.3) is 0 Å². The number of amides is 1. The van der Waals surface area contributed by atoms with E-state index in [4.69, 9.17) is 4.74 Å². The van der Waals surface area contributed by atoms with Crippen molar-refractivity contribution in [2.24, 2.45) is 0 Å². The molecular formula is C21H28N4O2. The van der Waals surface area contributed by atoms with Crippen molar-refractivity contribution in [3.8, 4) is 5.75 Å². The Morgan fingerprint density at radius 3 is 2.96 bits per heavy atom. The summed E-state index contributed by atoms with van der Waals surface area (Å²) in [4.78, 5) is 14.5. The molecule has 2 aromatic rings. The Morgan fingerprint density at radius 1 is 1.19 bits per heavy atom. The third kappa shape index (κ3) is 4.50. The van der Waals surface area contributed by atoms with Crippen molar-refractivity contribution >= 4 is 11.7 Å². The molecule has 0 radical (unpaired) electrons. The number of hydrogen-bond acceptors (Lipinski definition) is 4. The minimum absolute atomic E-state index is 0.0146. The van der Waals surface area contributed by atoms with Crippen LogP contribution >= 0.6 is 0 Å². The molecule has 0 bridgehead atoms. The molecule has 1 fully saturated rings. The SMILES string of the molecule is O=C1CC(c2cccc(OCCCCN3CCCCC3)c2)c2cn[nH]c2N1. The first-order valence-corrected chi connectivity index (χ1v) is 10.1. The van der Waals surface area contributed by atoms with Crippen molar-refractivity contribution in [1.29, 1.82) is 0 Å². The van der Waals surface area contributed by atoms with Gasteiger partial charge in [-0.3, -0.25) is 9.89 Å². The van der Waals surface area contributed by atoms with E-state index in [9.17, 15) is 4.79 Å². The van der Waals surface area contributed by atoms with Crippen molar-refractivity contribution in [3.05, 3.63) is 41.6 Å². The maximum absolute atomic E-state index is 12.0. The number of nitrogens with one attached hydrogen (secondary N) is 2. The fourth-order valence-corrected chi connectivity index (χ4v) is 4.07. The van der Waals surface area contributed by atoms with Crippen molar-refractivity contribution < 1.29 is 9.53 Å². The number of benzene rings is 1. The van der Waals surface area contributed by atoms with Crippen LogP contribution in [0.4, 0.5) is 5.82 Å². The predicted octanol–water partition coefficient (Wildman–Crippen LogP) is 3.53. The first-order valence-electron chi connectivity index (χ1n) is 10.1. The average Bonchev–Trinajstić information content (AvgIpc) is 3.16. The van der Waals surface area contributed by atoms with E-state index in [2.05, 4.69) is 32.5 Å². The normalized spacial score (nSPS) is 20.1. The van der Waals surface area contributed by atoms with Crippen LogP contribution in [0, 0.1) is 0 Å². The summed E-state index contributed by atoms with van der Waals surface area (Å²) in [5.74, 6) is 1.62. The first kappa shape index (κ1) is 18.0. The Kier molecular flexibility index (Phi) is 5.72. The second-order valence-corrected chi connectivity index (χ2v) is 7.54. The standard InChI is InChI=1S/C21H28N4O2/c26-20-14-18(19-15-22-24-21(19)23-20)16-7-6-8-17(13-16)27-12-5-4-11-25-9-2-1-3-10-25/h6-8,13,15,18H,1-5,9-12,14H2,(H2,22,23,24,26). The van der Waals surface area contributed by atoms with Gasteiger partial charge in [0.25, 0.3) is 0 Å². The molecule has 2 N–H and O–H groups in total.